The maximum absolute atomic E-state index is 12.1. The molecule has 0 bridgehead atoms. The molecule has 0 saturated heterocycles. The van der Waals surface area contributed by atoms with Crippen molar-refractivity contribution in [3.8, 4) is 11.5 Å². The van der Waals surface area contributed by atoms with Gasteiger partial charge < -0.3 is 15.2 Å². The Labute approximate surface area is 169 Å². The van der Waals surface area contributed by atoms with Gasteiger partial charge in [0.2, 0.25) is 5.91 Å². The highest BCUT2D eigenvalue weighted by atomic mass is 35.5. The summed E-state index contributed by atoms with van der Waals surface area (Å²) >= 11 is 10.4. The van der Waals surface area contributed by atoms with E-state index in [1.54, 1.807) is 36.4 Å². The first-order valence-electron chi connectivity index (χ1n) is 8.33. The van der Waals surface area contributed by atoms with E-state index in [2.05, 4.69) is 17.9 Å². The summed E-state index contributed by atoms with van der Waals surface area (Å²) in [6.45, 7) is 5.52. The summed E-state index contributed by atoms with van der Waals surface area (Å²) in [5, 5.41) is 12.2. The molecule has 0 atom stereocenters. The zero-order chi connectivity index (χ0) is 20.2. The first kappa shape index (κ1) is 21.1. The van der Waals surface area contributed by atoms with Gasteiger partial charge in [-0.2, -0.15) is 12.6 Å². The second-order valence-corrected chi connectivity index (χ2v) is 7.91. The van der Waals surface area contributed by atoms with E-state index in [-0.39, 0.29) is 12.3 Å². The molecule has 0 fully saturated rings. The van der Waals surface area contributed by atoms with E-state index < -0.39 is 11.4 Å². The molecule has 2 rings (SSSR count). The lowest BCUT2D eigenvalue weighted by molar-refractivity contribution is -0.136. The van der Waals surface area contributed by atoms with Crippen molar-refractivity contribution >= 4 is 41.8 Å². The van der Waals surface area contributed by atoms with Crippen molar-refractivity contribution in [3.63, 3.8) is 0 Å². The van der Waals surface area contributed by atoms with E-state index >= 15 is 0 Å². The maximum atomic E-state index is 12.1. The summed E-state index contributed by atoms with van der Waals surface area (Å²) in [5.41, 5.74) is 1.48. The van der Waals surface area contributed by atoms with Crippen LogP contribution in [-0.2, 0) is 21.8 Å². The SMILES string of the molecule is CC(C)(C)C(=O)Nc1ccc(Oc2cc(Cl)cc(CC(=O)O)c2)c(CS)c1. The number of carboxylic acids is 1. The summed E-state index contributed by atoms with van der Waals surface area (Å²) < 4.78 is 5.89. The minimum absolute atomic E-state index is 0.0885. The Bertz CT molecular complexity index is 862. The van der Waals surface area contributed by atoms with E-state index in [0.29, 0.717) is 33.5 Å². The molecular formula is C20H22ClNO4S. The molecule has 2 aromatic carbocycles. The first-order chi connectivity index (χ1) is 12.6. The summed E-state index contributed by atoms with van der Waals surface area (Å²) in [6, 6.07) is 10.1. The van der Waals surface area contributed by atoms with Gasteiger partial charge in [0, 0.05) is 27.4 Å². The van der Waals surface area contributed by atoms with Crippen LogP contribution in [0, 0.1) is 5.41 Å². The molecule has 7 heteroatoms. The van der Waals surface area contributed by atoms with Crippen molar-refractivity contribution in [3.05, 3.63) is 52.5 Å². The van der Waals surface area contributed by atoms with Crippen LogP contribution in [-0.4, -0.2) is 17.0 Å². The maximum Gasteiger partial charge on any atom is 0.307 e. The molecule has 0 aromatic heterocycles. The fraction of sp³-hybridized carbons (Fsp3) is 0.300. The van der Waals surface area contributed by atoms with Gasteiger partial charge in [-0.15, -0.1) is 0 Å². The highest BCUT2D eigenvalue weighted by Crippen LogP contribution is 2.32. The molecular weight excluding hydrogens is 386 g/mol. The number of anilines is 1. The van der Waals surface area contributed by atoms with E-state index in [0.717, 1.165) is 5.56 Å². The third-order valence-electron chi connectivity index (χ3n) is 3.68. The van der Waals surface area contributed by atoms with Crippen LogP contribution in [0.3, 0.4) is 0 Å². The number of carbonyl (C=O) groups is 2. The molecule has 2 N–H and O–H groups in total. The summed E-state index contributed by atoms with van der Waals surface area (Å²) in [6.07, 6.45) is -0.145. The number of hydrogen-bond acceptors (Lipinski definition) is 4. The van der Waals surface area contributed by atoms with Gasteiger partial charge in [-0.3, -0.25) is 9.59 Å². The molecule has 0 saturated carbocycles. The third kappa shape index (κ3) is 6.19. The van der Waals surface area contributed by atoms with Crippen LogP contribution < -0.4 is 10.1 Å². The number of hydrogen-bond donors (Lipinski definition) is 3. The molecule has 1 amide bonds. The predicted molar refractivity (Wildman–Crippen MR) is 110 cm³/mol. The Kier molecular flexibility index (Phi) is 6.78. The Morgan fingerprint density at radius 2 is 1.89 bits per heavy atom. The zero-order valence-corrected chi connectivity index (χ0v) is 17.0. The molecule has 2 aromatic rings. The van der Waals surface area contributed by atoms with Gasteiger partial charge in [0.1, 0.15) is 11.5 Å². The van der Waals surface area contributed by atoms with Crippen LogP contribution in [0.1, 0.15) is 31.9 Å². The number of nitrogens with one attached hydrogen (secondary N) is 1. The van der Waals surface area contributed by atoms with Crippen LogP contribution in [0.2, 0.25) is 5.02 Å². The minimum atomic E-state index is -0.946. The van der Waals surface area contributed by atoms with Gasteiger partial charge in [-0.1, -0.05) is 32.4 Å². The number of thiol groups is 1. The molecule has 5 nitrogen and oxygen atoms in total. The quantitative estimate of drug-likeness (QED) is 0.577. The first-order valence-corrected chi connectivity index (χ1v) is 9.34. The third-order valence-corrected chi connectivity index (χ3v) is 4.24. The zero-order valence-electron chi connectivity index (χ0n) is 15.4. The molecule has 0 spiro atoms. The average molecular weight is 408 g/mol. The van der Waals surface area contributed by atoms with Gasteiger partial charge in [-0.05, 0) is 42.0 Å². The summed E-state index contributed by atoms with van der Waals surface area (Å²) in [5.74, 6) is 0.361. The van der Waals surface area contributed by atoms with E-state index in [4.69, 9.17) is 21.4 Å². The smallest absolute Gasteiger partial charge is 0.307 e. The summed E-state index contributed by atoms with van der Waals surface area (Å²) in [4.78, 5) is 23.1. The van der Waals surface area contributed by atoms with Crippen molar-refractivity contribution in [1.82, 2.24) is 0 Å². The van der Waals surface area contributed by atoms with E-state index in [1.807, 2.05) is 20.8 Å². The summed E-state index contributed by atoms with van der Waals surface area (Å²) in [7, 11) is 0. The Hall–Kier alpha value is -2.18. The highest BCUT2D eigenvalue weighted by molar-refractivity contribution is 7.79. The molecule has 0 unspecified atom stereocenters. The van der Waals surface area contributed by atoms with Crippen molar-refractivity contribution in [2.45, 2.75) is 32.9 Å². The fourth-order valence-corrected chi connectivity index (χ4v) is 2.78. The van der Waals surface area contributed by atoms with Gasteiger partial charge in [-0.25, -0.2) is 0 Å². The molecule has 0 aliphatic carbocycles. The Balaban J connectivity index is 2.25. The fourth-order valence-electron chi connectivity index (χ4n) is 2.28. The topological polar surface area (TPSA) is 75.6 Å². The second kappa shape index (κ2) is 8.67. The van der Waals surface area contributed by atoms with E-state index in [9.17, 15) is 9.59 Å². The lowest BCUT2D eigenvalue weighted by atomic mass is 9.95. The second-order valence-electron chi connectivity index (χ2n) is 7.15. The normalized spacial score (nSPS) is 11.1. The van der Waals surface area contributed by atoms with Crippen LogP contribution >= 0.6 is 24.2 Å². The van der Waals surface area contributed by atoms with Gasteiger partial charge >= 0.3 is 5.97 Å². The van der Waals surface area contributed by atoms with Crippen molar-refractivity contribution in [1.29, 1.82) is 0 Å². The van der Waals surface area contributed by atoms with Crippen molar-refractivity contribution < 1.29 is 19.4 Å². The standard InChI is InChI=1S/C20H22ClNO4S/c1-20(2,3)19(25)22-15-4-5-17(13(9-15)11-27)26-16-7-12(8-18(23)24)6-14(21)10-16/h4-7,9-10,27H,8,11H2,1-3H3,(H,22,25)(H,23,24). The van der Waals surface area contributed by atoms with Gasteiger partial charge in [0.25, 0.3) is 0 Å². The molecule has 0 aliphatic rings. The average Bonchev–Trinajstić information content (AvgIpc) is 2.54. The van der Waals surface area contributed by atoms with Crippen LogP contribution in [0.25, 0.3) is 0 Å². The van der Waals surface area contributed by atoms with Gasteiger partial charge in [0.05, 0.1) is 6.42 Å². The largest absolute Gasteiger partial charge is 0.481 e. The van der Waals surface area contributed by atoms with E-state index in [1.165, 1.54) is 0 Å². The number of benzene rings is 2. The molecule has 0 heterocycles. The van der Waals surface area contributed by atoms with Crippen LogP contribution in [0.5, 0.6) is 11.5 Å². The predicted octanol–water partition coefficient (Wildman–Crippen LogP) is 5.17. The monoisotopic (exact) mass is 407 g/mol. The number of ether oxygens (including phenoxy) is 1. The van der Waals surface area contributed by atoms with Crippen molar-refractivity contribution in [2.24, 2.45) is 5.41 Å². The van der Waals surface area contributed by atoms with Crippen LogP contribution in [0.4, 0.5) is 5.69 Å². The number of carbonyl (C=O) groups excluding carboxylic acids is 1. The van der Waals surface area contributed by atoms with Crippen LogP contribution in [0.15, 0.2) is 36.4 Å². The number of halogens is 1. The minimum Gasteiger partial charge on any atom is -0.481 e. The van der Waals surface area contributed by atoms with Gasteiger partial charge in [0.15, 0.2) is 0 Å². The van der Waals surface area contributed by atoms with Crippen molar-refractivity contribution in [2.75, 3.05) is 5.32 Å². The number of rotatable bonds is 6. The number of aliphatic carboxylic acids is 1. The number of carboxylic acid groups (broad SMARTS) is 1. The highest BCUT2D eigenvalue weighted by Gasteiger charge is 2.21. The molecule has 0 radical (unpaired) electrons. The lowest BCUT2D eigenvalue weighted by Gasteiger charge is -2.19. The molecule has 144 valence electrons. The Morgan fingerprint density at radius 1 is 1.19 bits per heavy atom. The lowest BCUT2D eigenvalue weighted by Crippen LogP contribution is -2.27. The molecule has 0 aliphatic heterocycles. The number of amides is 1. The molecule has 27 heavy (non-hydrogen) atoms. The Morgan fingerprint density at radius 3 is 2.48 bits per heavy atom.